The van der Waals surface area contributed by atoms with Gasteiger partial charge in [-0.15, -0.1) is 0 Å². The first-order chi connectivity index (χ1) is 13.0. The second-order valence-corrected chi connectivity index (χ2v) is 6.16. The normalized spacial score (nSPS) is 10.8. The van der Waals surface area contributed by atoms with Crippen LogP contribution >= 0.6 is 23.4 Å². The minimum atomic E-state index is -4.47. The first-order valence-electron chi connectivity index (χ1n) is 6.84. The van der Waals surface area contributed by atoms with Crippen LogP contribution in [0.5, 0.6) is 0 Å². The van der Waals surface area contributed by atoms with E-state index >= 15 is 0 Å². The number of benzene rings is 2. The van der Waals surface area contributed by atoms with Crippen molar-refractivity contribution in [3.63, 3.8) is 0 Å². The Bertz CT molecular complexity index is 903. The van der Waals surface area contributed by atoms with E-state index in [4.69, 9.17) is 11.6 Å². The molecular formula is C16H7ClF6N2O2S. The predicted molar refractivity (Wildman–Crippen MR) is 90.4 cm³/mol. The number of thioether (sulfide) groups is 1. The maximum atomic E-state index is 12.2. The molecule has 0 radical (unpaired) electrons. The van der Waals surface area contributed by atoms with Gasteiger partial charge in [-0.2, -0.15) is 36.3 Å². The van der Waals surface area contributed by atoms with Crippen molar-refractivity contribution in [2.24, 2.45) is 9.98 Å². The summed E-state index contributed by atoms with van der Waals surface area (Å²) in [5.41, 5.74) is -5.16. The molecule has 0 atom stereocenters. The molecule has 0 unspecified atom stereocenters. The van der Waals surface area contributed by atoms with Crippen LogP contribution in [0.3, 0.4) is 0 Å². The summed E-state index contributed by atoms with van der Waals surface area (Å²) in [6.07, 6.45) is -2.05. The van der Waals surface area contributed by atoms with Crippen molar-refractivity contribution in [2.45, 2.75) is 16.6 Å². The summed E-state index contributed by atoms with van der Waals surface area (Å²) in [5, 5.41) is -0.0265. The first kappa shape index (κ1) is 23.5. The quantitative estimate of drug-likeness (QED) is 0.234. The number of isocyanates is 2. The first-order valence-corrected chi connectivity index (χ1v) is 8.04. The van der Waals surface area contributed by atoms with Crippen LogP contribution in [0.4, 0.5) is 37.7 Å². The molecule has 0 saturated carbocycles. The fraction of sp³-hybridized carbons (Fsp3) is 0.125. The standard InChI is InChI=1S/C8H3ClF3NO.C8H4F3NOS/c9-6-2-1-5(8(10,11)12)3-7(6)13-4-14;9-8(10,11)14-7-3-1-6(2-4-7)12-5-13/h1-3H;1-4H. The predicted octanol–water partition coefficient (Wildman–Crippen LogP) is 6.59. The zero-order valence-electron chi connectivity index (χ0n) is 13.3. The fourth-order valence-corrected chi connectivity index (χ4v) is 2.30. The van der Waals surface area contributed by atoms with Crippen molar-refractivity contribution in [1.82, 2.24) is 0 Å². The highest BCUT2D eigenvalue weighted by molar-refractivity contribution is 8.00. The van der Waals surface area contributed by atoms with Gasteiger partial charge in [0, 0.05) is 4.90 Å². The summed E-state index contributed by atoms with van der Waals surface area (Å²) >= 11 is 5.27. The minimum Gasteiger partial charge on any atom is -0.211 e. The van der Waals surface area contributed by atoms with Crippen LogP contribution in [0.25, 0.3) is 0 Å². The van der Waals surface area contributed by atoms with Crippen LogP contribution in [0, 0.1) is 0 Å². The van der Waals surface area contributed by atoms with E-state index in [-0.39, 0.29) is 33.1 Å². The maximum absolute atomic E-state index is 12.2. The lowest BCUT2D eigenvalue weighted by Crippen LogP contribution is -2.03. The van der Waals surface area contributed by atoms with Gasteiger partial charge in [-0.05, 0) is 54.2 Å². The third-order valence-corrected chi connectivity index (χ3v) is 3.74. The van der Waals surface area contributed by atoms with Crippen molar-refractivity contribution in [2.75, 3.05) is 0 Å². The monoisotopic (exact) mass is 440 g/mol. The molecule has 0 aromatic heterocycles. The van der Waals surface area contributed by atoms with Gasteiger partial charge in [0.15, 0.2) is 0 Å². The highest BCUT2D eigenvalue weighted by atomic mass is 35.5. The molecule has 0 fully saturated rings. The second-order valence-electron chi connectivity index (χ2n) is 4.61. The Balaban J connectivity index is 0.000000280. The molecular weight excluding hydrogens is 434 g/mol. The molecule has 0 amide bonds. The van der Waals surface area contributed by atoms with Crippen LogP contribution in [-0.2, 0) is 15.8 Å². The van der Waals surface area contributed by atoms with Gasteiger partial charge in [0.1, 0.15) is 0 Å². The summed E-state index contributed by atoms with van der Waals surface area (Å²) in [7, 11) is 0. The second kappa shape index (κ2) is 10.1. The highest BCUT2D eigenvalue weighted by Gasteiger charge is 2.31. The van der Waals surface area contributed by atoms with Crippen molar-refractivity contribution in [3.8, 4) is 0 Å². The van der Waals surface area contributed by atoms with Crippen molar-refractivity contribution in [1.29, 1.82) is 0 Å². The third kappa shape index (κ3) is 8.41. The number of hydrogen-bond donors (Lipinski definition) is 0. The maximum Gasteiger partial charge on any atom is 0.446 e. The Morgan fingerprint density at radius 1 is 0.857 bits per heavy atom. The average molecular weight is 441 g/mol. The molecule has 2 rings (SSSR count). The largest absolute Gasteiger partial charge is 0.446 e. The molecule has 0 saturated heterocycles. The number of rotatable bonds is 3. The summed E-state index contributed by atoms with van der Waals surface area (Å²) in [6, 6.07) is 7.65. The molecule has 0 spiro atoms. The van der Waals surface area contributed by atoms with Gasteiger partial charge in [0.25, 0.3) is 0 Å². The fourth-order valence-electron chi connectivity index (χ4n) is 1.60. The van der Waals surface area contributed by atoms with Crippen molar-refractivity contribution in [3.05, 3.63) is 53.1 Å². The molecule has 0 aliphatic heterocycles. The SMILES string of the molecule is O=C=Nc1cc(C(F)(F)F)ccc1Cl.O=C=Nc1ccc(SC(F)(F)F)cc1. The van der Waals surface area contributed by atoms with Gasteiger partial charge in [0.2, 0.25) is 12.2 Å². The molecule has 2 aromatic carbocycles. The van der Waals surface area contributed by atoms with E-state index in [1.54, 1.807) is 0 Å². The average Bonchev–Trinajstić information content (AvgIpc) is 2.57. The van der Waals surface area contributed by atoms with E-state index in [0.717, 1.165) is 18.2 Å². The molecule has 2 aromatic rings. The number of nitrogens with zero attached hydrogens (tertiary/aromatic N) is 2. The van der Waals surface area contributed by atoms with E-state index in [1.165, 1.54) is 30.3 Å². The summed E-state index contributed by atoms with van der Waals surface area (Å²) < 4.78 is 72.1. The number of hydrogen-bond acceptors (Lipinski definition) is 5. The Morgan fingerprint density at radius 2 is 1.43 bits per heavy atom. The molecule has 28 heavy (non-hydrogen) atoms. The number of alkyl halides is 6. The molecule has 12 heteroatoms. The lowest BCUT2D eigenvalue weighted by Gasteiger charge is -2.06. The molecule has 0 heterocycles. The van der Waals surface area contributed by atoms with Gasteiger partial charge < -0.3 is 0 Å². The number of halogens is 7. The molecule has 0 aliphatic carbocycles. The topological polar surface area (TPSA) is 58.9 Å². The lowest BCUT2D eigenvalue weighted by atomic mass is 10.2. The van der Waals surface area contributed by atoms with Gasteiger partial charge >= 0.3 is 11.7 Å². The van der Waals surface area contributed by atoms with Gasteiger partial charge in [0.05, 0.1) is 22.0 Å². The van der Waals surface area contributed by atoms with Crippen LogP contribution < -0.4 is 0 Å². The van der Waals surface area contributed by atoms with E-state index in [2.05, 4.69) is 9.98 Å². The minimum absolute atomic E-state index is 0.0265. The van der Waals surface area contributed by atoms with E-state index < -0.39 is 17.2 Å². The summed E-state index contributed by atoms with van der Waals surface area (Å²) in [4.78, 5) is 26.0. The Morgan fingerprint density at radius 3 is 1.89 bits per heavy atom. The molecule has 148 valence electrons. The van der Waals surface area contributed by atoms with Gasteiger partial charge in [-0.25, -0.2) is 9.59 Å². The van der Waals surface area contributed by atoms with Crippen LogP contribution in [-0.4, -0.2) is 17.7 Å². The molecule has 4 nitrogen and oxygen atoms in total. The number of carbonyl (C=O) groups excluding carboxylic acids is 2. The summed E-state index contributed by atoms with van der Waals surface area (Å²) in [6.45, 7) is 0. The Hall–Kier alpha value is -2.58. The highest BCUT2D eigenvalue weighted by Crippen LogP contribution is 2.37. The van der Waals surface area contributed by atoms with E-state index in [1.807, 2.05) is 0 Å². The van der Waals surface area contributed by atoms with Crippen LogP contribution in [0.1, 0.15) is 5.56 Å². The van der Waals surface area contributed by atoms with Gasteiger partial charge in [-0.1, -0.05) is 11.6 Å². The van der Waals surface area contributed by atoms with Crippen LogP contribution in [0.15, 0.2) is 57.3 Å². The summed E-state index contributed by atoms with van der Waals surface area (Å²) in [5.74, 6) is 0. The van der Waals surface area contributed by atoms with Crippen molar-refractivity contribution >= 4 is 46.9 Å². The van der Waals surface area contributed by atoms with E-state index in [9.17, 15) is 35.9 Å². The zero-order valence-corrected chi connectivity index (χ0v) is 14.9. The third-order valence-electron chi connectivity index (χ3n) is 2.68. The molecule has 0 aliphatic rings. The Kier molecular flexibility index (Phi) is 8.46. The zero-order chi connectivity index (χ0) is 21.4. The molecule has 0 bridgehead atoms. The smallest absolute Gasteiger partial charge is 0.211 e. The van der Waals surface area contributed by atoms with Gasteiger partial charge in [-0.3, -0.25) is 0 Å². The Labute approximate surface area is 162 Å². The lowest BCUT2D eigenvalue weighted by molar-refractivity contribution is -0.137. The van der Waals surface area contributed by atoms with Crippen molar-refractivity contribution < 1.29 is 35.9 Å². The number of aliphatic imine (C=N–C) groups is 2. The molecule has 0 N–H and O–H groups in total. The van der Waals surface area contributed by atoms with E-state index in [0.29, 0.717) is 6.07 Å². The van der Waals surface area contributed by atoms with Crippen LogP contribution in [0.2, 0.25) is 5.02 Å².